The summed E-state index contributed by atoms with van der Waals surface area (Å²) in [6, 6.07) is 8.73. The van der Waals surface area contributed by atoms with Gasteiger partial charge in [-0.15, -0.1) is 0 Å². The highest BCUT2D eigenvalue weighted by Crippen LogP contribution is 2.17. The summed E-state index contributed by atoms with van der Waals surface area (Å²) < 4.78 is 4.95. The summed E-state index contributed by atoms with van der Waals surface area (Å²) in [5.74, 6) is -0.0820. The Bertz CT molecular complexity index is 636. The van der Waals surface area contributed by atoms with Crippen molar-refractivity contribution in [3.63, 3.8) is 0 Å². The first kappa shape index (κ1) is 13.2. The topological polar surface area (TPSA) is 72.4 Å². The number of aryl methyl sites for hydroxylation is 1. The lowest BCUT2D eigenvalue weighted by atomic mass is 10.2. The predicted octanol–water partition coefficient (Wildman–Crippen LogP) is 1.89. The summed E-state index contributed by atoms with van der Waals surface area (Å²) in [5, 5.41) is 3.70. The van der Waals surface area contributed by atoms with Crippen molar-refractivity contribution in [2.45, 2.75) is 6.92 Å². The molecule has 0 aliphatic heterocycles. The maximum Gasteiger partial charge on any atom is 0.296 e. The molecule has 1 aromatic heterocycles. The van der Waals surface area contributed by atoms with E-state index in [1.165, 1.54) is 4.90 Å². The van der Waals surface area contributed by atoms with Gasteiger partial charge in [0, 0.05) is 24.4 Å². The normalized spacial score (nSPS) is 10.2. The Morgan fingerprint density at radius 1 is 1.42 bits per heavy atom. The summed E-state index contributed by atoms with van der Waals surface area (Å²) >= 11 is 4.92. The fourth-order valence-electron chi connectivity index (χ4n) is 1.61. The fourth-order valence-corrected chi connectivity index (χ4v) is 1.74. The van der Waals surface area contributed by atoms with Crippen LogP contribution in [0.2, 0.25) is 0 Å². The second-order valence-corrected chi connectivity index (χ2v) is 4.55. The molecule has 0 spiro atoms. The van der Waals surface area contributed by atoms with Gasteiger partial charge >= 0.3 is 0 Å². The highest BCUT2D eigenvalue weighted by molar-refractivity contribution is 7.80. The zero-order valence-electron chi connectivity index (χ0n) is 10.6. The largest absolute Gasteiger partial charge is 0.389 e. The van der Waals surface area contributed by atoms with E-state index in [4.69, 9.17) is 22.5 Å². The average Bonchev–Trinajstić information content (AvgIpc) is 2.84. The first-order valence-corrected chi connectivity index (χ1v) is 6.01. The summed E-state index contributed by atoms with van der Waals surface area (Å²) in [4.78, 5) is 13.9. The highest BCUT2D eigenvalue weighted by atomic mass is 32.1. The fraction of sp³-hybridized carbons (Fsp3) is 0.154. The molecule has 1 heterocycles. The van der Waals surface area contributed by atoms with Crippen LogP contribution >= 0.6 is 12.2 Å². The molecule has 0 atom stereocenters. The molecule has 6 heteroatoms. The number of amides is 1. The number of thiocarbonyl (C=S) groups is 1. The lowest BCUT2D eigenvalue weighted by Gasteiger charge is -2.16. The van der Waals surface area contributed by atoms with E-state index >= 15 is 0 Å². The molecule has 2 aromatic rings. The Morgan fingerprint density at radius 2 is 2.16 bits per heavy atom. The van der Waals surface area contributed by atoms with Crippen molar-refractivity contribution in [1.29, 1.82) is 0 Å². The second-order valence-electron chi connectivity index (χ2n) is 4.11. The van der Waals surface area contributed by atoms with Gasteiger partial charge in [0.2, 0.25) is 5.76 Å². The molecular weight excluding hydrogens is 262 g/mol. The first-order valence-electron chi connectivity index (χ1n) is 5.60. The number of nitrogens with zero attached hydrogens (tertiary/aromatic N) is 2. The van der Waals surface area contributed by atoms with E-state index in [2.05, 4.69) is 5.16 Å². The van der Waals surface area contributed by atoms with Gasteiger partial charge in [-0.2, -0.15) is 0 Å². The van der Waals surface area contributed by atoms with Gasteiger partial charge in [0.05, 0.1) is 5.69 Å². The van der Waals surface area contributed by atoms with Crippen LogP contribution in [0.1, 0.15) is 21.8 Å². The van der Waals surface area contributed by atoms with Crippen LogP contribution in [0.15, 0.2) is 34.9 Å². The zero-order chi connectivity index (χ0) is 14.0. The molecule has 0 fully saturated rings. The van der Waals surface area contributed by atoms with Crippen molar-refractivity contribution in [2.24, 2.45) is 5.73 Å². The van der Waals surface area contributed by atoms with E-state index in [-0.39, 0.29) is 11.7 Å². The number of anilines is 1. The van der Waals surface area contributed by atoms with Gasteiger partial charge in [0.15, 0.2) is 0 Å². The summed E-state index contributed by atoms with van der Waals surface area (Å²) in [5.41, 5.74) is 7.63. The van der Waals surface area contributed by atoms with E-state index in [0.29, 0.717) is 21.9 Å². The molecule has 1 aromatic carbocycles. The quantitative estimate of drug-likeness (QED) is 0.866. The smallest absolute Gasteiger partial charge is 0.296 e. The minimum Gasteiger partial charge on any atom is -0.389 e. The van der Waals surface area contributed by atoms with Gasteiger partial charge in [0.25, 0.3) is 5.91 Å². The molecule has 98 valence electrons. The molecule has 0 aliphatic carbocycles. The average molecular weight is 275 g/mol. The number of nitrogens with two attached hydrogens (primary N) is 1. The third-order valence-electron chi connectivity index (χ3n) is 2.66. The van der Waals surface area contributed by atoms with Crippen LogP contribution < -0.4 is 10.6 Å². The lowest BCUT2D eigenvalue weighted by molar-refractivity contribution is 0.0957. The molecule has 2 rings (SSSR count). The van der Waals surface area contributed by atoms with Crippen LogP contribution in [-0.4, -0.2) is 23.1 Å². The first-order chi connectivity index (χ1) is 8.99. The summed E-state index contributed by atoms with van der Waals surface area (Å²) in [7, 11) is 1.65. The number of hydrogen-bond donors (Lipinski definition) is 1. The Morgan fingerprint density at radius 3 is 2.74 bits per heavy atom. The van der Waals surface area contributed by atoms with Gasteiger partial charge in [-0.1, -0.05) is 29.5 Å². The van der Waals surface area contributed by atoms with Crippen LogP contribution in [0.4, 0.5) is 5.69 Å². The lowest BCUT2D eigenvalue weighted by Crippen LogP contribution is -2.26. The maximum absolute atomic E-state index is 12.2. The number of carbonyl (C=O) groups excluding carboxylic acids is 1. The van der Waals surface area contributed by atoms with Crippen molar-refractivity contribution < 1.29 is 9.32 Å². The summed E-state index contributed by atoms with van der Waals surface area (Å²) in [6.07, 6.45) is 0. The number of benzene rings is 1. The van der Waals surface area contributed by atoms with Crippen LogP contribution in [-0.2, 0) is 0 Å². The minimum atomic E-state index is -0.277. The molecule has 19 heavy (non-hydrogen) atoms. The molecular formula is C13H13N3O2S. The Hall–Kier alpha value is -2.21. The van der Waals surface area contributed by atoms with E-state index in [9.17, 15) is 4.79 Å². The molecule has 0 unspecified atom stereocenters. The van der Waals surface area contributed by atoms with Crippen LogP contribution in [0, 0.1) is 6.92 Å². The number of rotatable bonds is 3. The molecule has 0 bridgehead atoms. The minimum absolute atomic E-state index is 0.195. The Labute approximate surface area is 116 Å². The van der Waals surface area contributed by atoms with E-state index < -0.39 is 0 Å². The highest BCUT2D eigenvalue weighted by Gasteiger charge is 2.18. The monoisotopic (exact) mass is 275 g/mol. The molecule has 0 saturated carbocycles. The van der Waals surface area contributed by atoms with Crippen molar-refractivity contribution in [3.05, 3.63) is 47.3 Å². The third-order valence-corrected chi connectivity index (χ3v) is 2.90. The van der Waals surface area contributed by atoms with Crippen LogP contribution in [0.5, 0.6) is 0 Å². The van der Waals surface area contributed by atoms with Gasteiger partial charge in [-0.3, -0.25) is 4.79 Å². The SMILES string of the molecule is Cc1cc(C(=O)N(C)c2cccc(C(N)=S)c2)on1. The number of aromatic nitrogens is 1. The third kappa shape index (κ3) is 2.79. The molecule has 1 amide bonds. The molecule has 0 radical (unpaired) electrons. The number of carbonyl (C=O) groups is 1. The van der Waals surface area contributed by atoms with Gasteiger partial charge in [-0.25, -0.2) is 0 Å². The van der Waals surface area contributed by atoms with Crippen molar-refractivity contribution in [3.8, 4) is 0 Å². The van der Waals surface area contributed by atoms with Gasteiger partial charge in [0.1, 0.15) is 4.99 Å². The standard InChI is InChI=1S/C13H13N3O2S/c1-8-6-11(18-15-8)13(17)16(2)10-5-3-4-9(7-10)12(14)19/h3-7H,1-2H3,(H2,14,19). The van der Waals surface area contributed by atoms with Crippen LogP contribution in [0.25, 0.3) is 0 Å². The second kappa shape index (κ2) is 5.19. The zero-order valence-corrected chi connectivity index (χ0v) is 11.4. The van der Waals surface area contributed by atoms with Crippen molar-refractivity contribution >= 4 is 28.8 Å². The van der Waals surface area contributed by atoms with E-state index in [1.807, 2.05) is 0 Å². The van der Waals surface area contributed by atoms with E-state index in [0.717, 1.165) is 0 Å². The molecule has 2 N–H and O–H groups in total. The van der Waals surface area contributed by atoms with Crippen molar-refractivity contribution in [2.75, 3.05) is 11.9 Å². The molecule has 0 aliphatic rings. The van der Waals surface area contributed by atoms with Crippen LogP contribution in [0.3, 0.4) is 0 Å². The van der Waals surface area contributed by atoms with Crippen molar-refractivity contribution in [1.82, 2.24) is 5.16 Å². The van der Waals surface area contributed by atoms with Gasteiger partial charge in [-0.05, 0) is 19.1 Å². The Balaban J connectivity index is 2.28. The summed E-state index contributed by atoms with van der Waals surface area (Å²) in [6.45, 7) is 1.76. The predicted molar refractivity (Wildman–Crippen MR) is 76.3 cm³/mol. The van der Waals surface area contributed by atoms with Gasteiger partial charge < -0.3 is 15.2 Å². The number of hydrogen-bond acceptors (Lipinski definition) is 4. The van der Waals surface area contributed by atoms with E-state index in [1.54, 1.807) is 44.3 Å². The maximum atomic E-state index is 12.2. The molecule has 0 saturated heterocycles. The molecule has 5 nitrogen and oxygen atoms in total. The Kier molecular flexibility index (Phi) is 3.62.